The largest absolute Gasteiger partial charge is 0.368 e. The van der Waals surface area contributed by atoms with E-state index < -0.39 is 10.0 Å². The number of hydrogen-bond donors (Lipinski definition) is 2. The minimum Gasteiger partial charge on any atom is -0.368 e. The van der Waals surface area contributed by atoms with Gasteiger partial charge in [-0.05, 0) is 18.2 Å². The molecule has 0 unspecified atom stereocenters. The van der Waals surface area contributed by atoms with Crippen LogP contribution < -0.4 is 10.5 Å². The number of rotatable bonds is 3. The molecule has 108 valence electrons. The molecule has 21 heavy (non-hydrogen) atoms. The molecule has 3 N–H and O–H groups in total. The van der Waals surface area contributed by atoms with Crippen molar-refractivity contribution >= 4 is 54.3 Å². The van der Waals surface area contributed by atoms with Gasteiger partial charge in [0.05, 0.1) is 22.6 Å². The van der Waals surface area contributed by atoms with Crippen LogP contribution >= 0.6 is 22.9 Å². The number of benzene rings is 1. The first kappa shape index (κ1) is 14.0. The van der Waals surface area contributed by atoms with Crippen molar-refractivity contribution in [2.75, 3.05) is 10.5 Å². The van der Waals surface area contributed by atoms with Crippen molar-refractivity contribution < 1.29 is 8.42 Å². The fourth-order valence-corrected chi connectivity index (χ4v) is 3.85. The summed E-state index contributed by atoms with van der Waals surface area (Å²) in [5.74, 6) is 0.00331. The van der Waals surface area contributed by atoms with Crippen molar-refractivity contribution in [3.05, 3.63) is 35.6 Å². The summed E-state index contributed by atoms with van der Waals surface area (Å²) >= 11 is 7.07. The summed E-state index contributed by atoms with van der Waals surface area (Å²) < 4.78 is 27.5. The highest BCUT2D eigenvalue weighted by molar-refractivity contribution is 7.93. The average Bonchev–Trinajstić information content (AvgIpc) is 2.79. The highest BCUT2D eigenvalue weighted by Crippen LogP contribution is 2.29. The van der Waals surface area contributed by atoms with E-state index in [4.69, 9.17) is 17.3 Å². The van der Waals surface area contributed by atoms with Gasteiger partial charge in [-0.2, -0.15) is 0 Å². The first-order valence-corrected chi connectivity index (χ1v) is 8.28. The Hall–Kier alpha value is -1.97. The number of nitrogen functional groups attached to an aromatic ring is 1. The third kappa shape index (κ3) is 2.89. The Labute approximate surface area is 128 Å². The van der Waals surface area contributed by atoms with Gasteiger partial charge >= 0.3 is 0 Å². The average molecular weight is 342 g/mol. The maximum atomic E-state index is 12.2. The minimum absolute atomic E-state index is 0.00331. The molecule has 0 aliphatic heterocycles. The van der Waals surface area contributed by atoms with E-state index in [1.54, 1.807) is 18.2 Å². The van der Waals surface area contributed by atoms with E-state index in [2.05, 4.69) is 19.7 Å². The normalized spacial score (nSPS) is 11.7. The molecule has 2 heterocycles. The lowest BCUT2D eigenvalue weighted by molar-refractivity contribution is 0.600. The zero-order valence-electron chi connectivity index (χ0n) is 10.3. The maximum Gasteiger partial charge on any atom is 0.266 e. The monoisotopic (exact) mass is 341 g/mol. The zero-order valence-corrected chi connectivity index (χ0v) is 12.7. The number of anilines is 2. The summed E-state index contributed by atoms with van der Waals surface area (Å²) in [6.07, 6.45) is 2.27. The first-order chi connectivity index (χ1) is 9.94. The van der Waals surface area contributed by atoms with Gasteiger partial charge in [0.25, 0.3) is 10.0 Å². The topological polar surface area (TPSA) is 111 Å². The van der Waals surface area contributed by atoms with Crippen LogP contribution in [-0.2, 0) is 10.0 Å². The molecule has 0 saturated heterocycles. The molecule has 3 aromatic rings. The van der Waals surface area contributed by atoms with E-state index in [0.717, 1.165) is 17.1 Å². The zero-order chi connectivity index (χ0) is 15.0. The molecule has 0 aliphatic rings. The molecule has 7 nitrogen and oxygen atoms in total. The second-order valence-electron chi connectivity index (χ2n) is 4.01. The quantitative estimate of drug-likeness (QED) is 0.754. The van der Waals surface area contributed by atoms with Gasteiger partial charge in [-0.25, -0.2) is 23.4 Å². The third-order valence-electron chi connectivity index (χ3n) is 2.53. The van der Waals surface area contributed by atoms with Gasteiger partial charge in [0.1, 0.15) is 4.90 Å². The molecule has 0 fully saturated rings. The smallest absolute Gasteiger partial charge is 0.266 e. The third-order valence-corrected chi connectivity index (χ3v) is 5.12. The number of nitrogens with two attached hydrogens (primary N) is 1. The number of nitrogens with one attached hydrogen (secondary N) is 1. The molecule has 0 atom stereocenters. The van der Waals surface area contributed by atoms with Gasteiger partial charge in [-0.1, -0.05) is 22.9 Å². The Balaban J connectivity index is 1.95. The standard InChI is InChI=1S/C11H8ClN5O2S2/c12-6-1-2-8-9(3-6)20-11(16-8)17-21(18,19)7-4-14-10(13)15-5-7/h1-5H,(H,16,17)(H2,13,14,15). The molecule has 3 rings (SSSR count). The molecule has 0 saturated carbocycles. The summed E-state index contributed by atoms with van der Waals surface area (Å²) in [5.41, 5.74) is 5.99. The summed E-state index contributed by atoms with van der Waals surface area (Å²) in [7, 11) is -3.80. The van der Waals surface area contributed by atoms with Crippen molar-refractivity contribution in [1.82, 2.24) is 15.0 Å². The molecule has 0 amide bonds. The van der Waals surface area contributed by atoms with Crippen LogP contribution in [0.1, 0.15) is 0 Å². The van der Waals surface area contributed by atoms with Gasteiger partial charge in [0.2, 0.25) is 5.95 Å². The Morgan fingerprint density at radius 1 is 1.24 bits per heavy atom. The predicted octanol–water partition coefficient (Wildman–Crippen LogP) is 2.12. The number of aromatic nitrogens is 3. The number of hydrogen-bond acceptors (Lipinski definition) is 7. The lowest BCUT2D eigenvalue weighted by Gasteiger charge is -2.03. The van der Waals surface area contributed by atoms with Crippen molar-refractivity contribution in [1.29, 1.82) is 0 Å². The molecule has 0 bridgehead atoms. The van der Waals surface area contributed by atoms with Crippen LogP contribution in [0, 0.1) is 0 Å². The van der Waals surface area contributed by atoms with Gasteiger partial charge in [-0.3, -0.25) is 4.72 Å². The van der Waals surface area contributed by atoms with Crippen LogP contribution in [0.2, 0.25) is 5.02 Å². The maximum absolute atomic E-state index is 12.2. The van der Waals surface area contributed by atoms with Crippen LogP contribution in [0.15, 0.2) is 35.5 Å². The molecular formula is C11H8ClN5O2S2. The van der Waals surface area contributed by atoms with Gasteiger partial charge in [-0.15, -0.1) is 0 Å². The van der Waals surface area contributed by atoms with E-state index in [0.29, 0.717) is 10.5 Å². The van der Waals surface area contributed by atoms with Crippen LogP contribution in [-0.4, -0.2) is 23.4 Å². The Morgan fingerprint density at radius 2 is 1.95 bits per heavy atom. The van der Waals surface area contributed by atoms with Crippen LogP contribution in [0.3, 0.4) is 0 Å². The van der Waals surface area contributed by atoms with Crippen LogP contribution in [0.25, 0.3) is 10.2 Å². The SMILES string of the molecule is Nc1ncc(S(=O)(=O)Nc2nc3ccc(Cl)cc3s2)cn1. The lowest BCUT2D eigenvalue weighted by Crippen LogP contribution is -2.13. The molecule has 1 aromatic carbocycles. The fourth-order valence-electron chi connectivity index (χ4n) is 1.58. The highest BCUT2D eigenvalue weighted by atomic mass is 35.5. The number of nitrogens with zero attached hydrogens (tertiary/aromatic N) is 3. The molecule has 10 heteroatoms. The van der Waals surface area contributed by atoms with Crippen molar-refractivity contribution in [2.45, 2.75) is 4.90 Å². The first-order valence-electron chi connectivity index (χ1n) is 5.60. The van der Waals surface area contributed by atoms with E-state index >= 15 is 0 Å². The summed E-state index contributed by atoms with van der Waals surface area (Å²) in [5, 5.41) is 0.802. The van der Waals surface area contributed by atoms with Crippen molar-refractivity contribution in [3.8, 4) is 0 Å². The highest BCUT2D eigenvalue weighted by Gasteiger charge is 2.17. The number of thiazole rings is 1. The van der Waals surface area contributed by atoms with Gasteiger partial charge in [0, 0.05) is 5.02 Å². The predicted molar refractivity (Wildman–Crippen MR) is 81.9 cm³/mol. The number of fused-ring (bicyclic) bond motifs is 1. The van der Waals surface area contributed by atoms with Crippen molar-refractivity contribution in [3.63, 3.8) is 0 Å². The lowest BCUT2D eigenvalue weighted by atomic mass is 10.3. The molecule has 0 aliphatic carbocycles. The molecule has 0 radical (unpaired) electrons. The van der Waals surface area contributed by atoms with Gasteiger partial charge < -0.3 is 5.73 Å². The Bertz CT molecular complexity index is 908. The van der Waals surface area contributed by atoms with Crippen molar-refractivity contribution in [2.24, 2.45) is 0 Å². The van der Waals surface area contributed by atoms with E-state index in [1.807, 2.05) is 0 Å². The van der Waals surface area contributed by atoms with Crippen LogP contribution in [0.5, 0.6) is 0 Å². The second kappa shape index (κ2) is 5.10. The Morgan fingerprint density at radius 3 is 2.67 bits per heavy atom. The summed E-state index contributed by atoms with van der Waals surface area (Å²) in [4.78, 5) is 11.4. The van der Waals surface area contributed by atoms with E-state index in [9.17, 15) is 8.42 Å². The van der Waals surface area contributed by atoms with Gasteiger partial charge in [0.15, 0.2) is 5.13 Å². The van der Waals surface area contributed by atoms with Crippen LogP contribution in [0.4, 0.5) is 11.1 Å². The minimum atomic E-state index is -3.80. The second-order valence-corrected chi connectivity index (χ2v) is 7.16. The summed E-state index contributed by atoms with van der Waals surface area (Å²) in [6.45, 7) is 0. The van der Waals surface area contributed by atoms with E-state index in [1.165, 1.54) is 11.3 Å². The molecular weight excluding hydrogens is 334 g/mol. The Kier molecular flexibility index (Phi) is 3.40. The summed E-state index contributed by atoms with van der Waals surface area (Å²) in [6, 6.07) is 5.13. The number of sulfonamides is 1. The molecule has 0 spiro atoms. The number of halogens is 1. The van der Waals surface area contributed by atoms with E-state index in [-0.39, 0.29) is 16.0 Å². The molecule has 2 aromatic heterocycles. The fraction of sp³-hybridized carbons (Fsp3) is 0.